The lowest BCUT2D eigenvalue weighted by molar-refractivity contribution is 0.300. The first-order valence-corrected chi connectivity index (χ1v) is 8.61. The molecule has 0 spiro atoms. The van der Waals surface area contributed by atoms with Gasteiger partial charge in [-0.1, -0.05) is 6.07 Å². The molecule has 1 saturated heterocycles. The molecule has 2 rings (SSSR count). The van der Waals surface area contributed by atoms with E-state index in [0.29, 0.717) is 9.37 Å². The molecule has 1 aromatic rings. The van der Waals surface area contributed by atoms with E-state index in [0.717, 1.165) is 31.5 Å². The van der Waals surface area contributed by atoms with Crippen molar-refractivity contribution >= 4 is 26.0 Å². The molecule has 0 aromatic heterocycles. The molecule has 1 fully saturated rings. The van der Waals surface area contributed by atoms with Crippen LogP contribution in [0.4, 0.5) is 0 Å². The van der Waals surface area contributed by atoms with E-state index in [1.165, 1.54) is 4.31 Å². The average molecular weight is 347 g/mol. The van der Waals surface area contributed by atoms with Gasteiger partial charge in [-0.05, 0) is 59.9 Å². The van der Waals surface area contributed by atoms with Crippen molar-refractivity contribution in [3.63, 3.8) is 0 Å². The maximum atomic E-state index is 12.6. The number of benzene rings is 1. The van der Waals surface area contributed by atoms with Crippen molar-refractivity contribution in [3.05, 3.63) is 28.2 Å². The van der Waals surface area contributed by atoms with Gasteiger partial charge in [0.15, 0.2) is 0 Å². The molecule has 1 N–H and O–H groups in total. The van der Waals surface area contributed by atoms with Crippen LogP contribution < -0.4 is 5.32 Å². The number of likely N-dealkylation sites (N-methyl/N-ethyl adjacent to an activating group) is 1. The van der Waals surface area contributed by atoms with Crippen LogP contribution in [0.1, 0.15) is 18.4 Å². The van der Waals surface area contributed by atoms with Gasteiger partial charge in [-0.3, -0.25) is 0 Å². The molecule has 4 nitrogen and oxygen atoms in total. The first kappa shape index (κ1) is 15.0. The smallest absolute Gasteiger partial charge is 0.244 e. The predicted molar refractivity (Wildman–Crippen MR) is 79.7 cm³/mol. The maximum absolute atomic E-state index is 12.6. The molecule has 19 heavy (non-hydrogen) atoms. The van der Waals surface area contributed by atoms with Crippen LogP contribution in [0, 0.1) is 6.92 Å². The van der Waals surface area contributed by atoms with Crippen LogP contribution in [0.15, 0.2) is 27.6 Å². The van der Waals surface area contributed by atoms with Gasteiger partial charge in [0.1, 0.15) is 0 Å². The van der Waals surface area contributed by atoms with Gasteiger partial charge in [0.2, 0.25) is 10.0 Å². The summed E-state index contributed by atoms with van der Waals surface area (Å²) < 4.78 is 27.4. The summed E-state index contributed by atoms with van der Waals surface area (Å²) in [5.74, 6) is 0. The molecular weight excluding hydrogens is 328 g/mol. The normalized spacial score (nSPS) is 20.7. The molecule has 1 heterocycles. The Morgan fingerprint density at radius 1 is 1.42 bits per heavy atom. The molecule has 1 unspecified atom stereocenters. The van der Waals surface area contributed by atoms with Crippen molar-refractivity contribution in [2.24, 2.45) is 0 Å². The summed E-state index contributed by atoms with van der Waals surface area (Å²) in [6, 6.07) is 5.36. The summed E-state index contributed by atoms with van der Waals surface area (Å²) >= 11 is 3.35. The summed E-state index contributed by atoms with van der Waals surface area (Å²) in [5, 5.41) is 3.25. The van der Waals surface area contributed by atoms with Gasteiger partial charge in [-0.15, -0.1) is 0 Å². The third-order valence-corrected chi connectivity index (χ3v) is 6.42. The predicted octanol–water partition coefficient (Wildman–Crippen LogP) is 2.13. The molecule has 0 saturated carbocycles. The summed E-state index contributed by atoms with van der Waals surface area (Å²) in [4.78, 5) is 0.339. The van der Waals surface area contributed by atoms with Crippen LogP contribution >= 0.6 is 15.9 Å². The molecule has 0 radical (unpaired) electrons. The number of hydrogen-bond donors (Lipinski definition) is 1. The zero-order valence-electron chi connectivity index (χ0n) is 11.2. The topological polar surface area (TPSA) is 49.4 Å². The fourth-order valence-electron chi connectivity index (χ4n) is 2.31. The van der Waals surface area contributed by atoms with Gasteiger partial charge in [0.05, 0.1) is 4.90 Å². The maximum Gasteiger partial charge on any atom is 0.244 e. The second-order valence-corrected chi connectivity index (χ2v) is 7.78. The van der Waals surface area contributed by atoms with E-state index in [4.69, 9.17) is 0 Å². The molecule has 0 bridgehead atoms. The SMILES string of the molecule is Cc1ccc(S(=O)(=O)N(C)C2CCCNC2)c(Br)c1. The number of nitrogens with zero attached hydrogens (tertiary/aromatic N) is 1. The quantitative estimate of drug-likeness (QED) is 0.911. The average Bonchev–Trinajstić information content (AvgIpc) is 2.38. The van der Waals surface area contributed by atoms with Crippen molar-refractivity contribution in [3.8, 4) is 0 Å². The van der Waals surface area contributed by atoms with Gasteiger partial charge >= 0.3 is 0 Å². The highest BCUT2D eigenvalue weighted by Crippen LogP contribution is 2.27. The minimum absolute atomic E-state index is 0.0342. The monoisotopic (exact) mass is 346 g/mol. The van der Waals surface area contributed by atoms with Crippen LogP contribution in [0.5, 0.6) is 0 Å². The summed E-state index contributed by atoms with van der Waals surface area (Å²) in [7, 11) is -1.77. The number of hydrogen-bond acceptors (Lipinski definition) is 3. The van der Waals surface area contributed by atoms with Crippen molar-refractivity contribution in [1.82, 2.24) is 9.62 Å². The van der Waals surface area contributed by atoms with E-state index in [-0.39, 0.29) is 6.04 Å². The Balaban J connectivity index is 2.30. The highest BCUT2D eigenvalue weighted by atomic mass is 79.9. The van der Waals surface area contributed by atoms with Gasteiger partial charge < -0.3 is 5.32 Å². The largest absolute Gasteiger partial charge is 0.315 e. The zero-order valence-corrected chi connectivity index (χ0v) is 13.6. The fraction of sp³-hybridized carbons (Fsp3) is 0.538. The van der Waals surface area contributed by atoms with E-state index >= 15 is 0 Å². The minimum Gasteiger partial charge on any atom is -0.315 e. The molecule has 0 aliphatic carbocycles. The lowest BCUT2D eigenvalue weighted by atomic mass is 10.1. The second-order valence-electron chi connectivity index (χ2n) is 4.96. The first-order chi connectivity index (χ1) is 8.93. The molecule has 106 valence electrons. The van der Waals surface area contributed by atoms with Crippen LogP contribution in [0.3, 0.4) is 0 Å². The Kier molecular flexibility index (Phi) is 4.66. The highest BCUT2D eigenvalue weighted by molar-refractivity contribution is 9.10. The lowest BCUT2D eigenvalue weighted by Crippen LogP contribution is -2.46. The number of aryl methyl sites for hydroxylation is 1. The lowest BCUT2D eigenvalue weighted by Gasteiger charge is -2.31. The molecule has 0 amide bonds. The van der Waals surface area contributed by atoms with Gasteiger partial charge in [0, 0.05) is 24.1 Å². The Hall–Kier alpha value is -0.430. The van der Waals surface area contributed by atoms with Crippen molar-refractivity contribution in [1.29, 1.82) is 0 Å². The fourth-order valence-corrected chi connectivity index (χ4v) is 4.85. The molecular formula is C13H19BrN2O2S. The summed E-state index contributed by atoms with van der Waals surface area (Å²) in [5.41, 5.74) is 1.04. The van der Waals surface area contributed by atoms with Gasteiger partial charge in [-0.2, -0.15) is 4.31 Å². The van der Waals surface area contributed by atoms with Crippen LogP contribution in [0.2, 0.25) is 0 Å². The van der Waals surface area contributed by atoms with Crippen molar-refractivity contribution in [2.75, 3.05) is 20.1 Å². The standard InChI is InChI=1S/C13H19BrN2O2S/c1-10-5-6-13(12(14)8-10)19(17,18)16(2)11-4-3-7-15-9-11/h5-6,8,11,15H,3-4,7,9H2,1-2H3. The van der Waals surface area contributed by atoms with E-state index in [2.05, 4.69) is 21.2 Å². The number of piperidine rings is 1. The Morgan fingerprint density at radius 3 is 2.74 bits per heavy atom. The third-order valence-electron chi connectivity index (χ3n) is 3.53. The van der Waals surface area contributed by atoms with E-state index in [1.807, 2.05) is 19.1 Å². The van der Waals surface area contributed by atoms with Gasteiger partial charge in [0.25, 0.3) is 0 Å². The number of sulfonamides is 1. The minimum atomic E-state index is -3.44. The summed E-state index contributed by atoms with van der Waals surface area (Å²) in [6.45, 7) is 3.63. The first-order valence-electron chi connectivity index (χ1n) is 6.38. The molecule has 1 aromatic carbocycles. The number of nitrogens with one attached hydrogen (secondary N) is 1. The third kappa shape index (κ3) is 3.18. The molecule has 6 heteroatoms. The highest BCUT2D eigenvalue weighted by Gasteiger charge is 2.30. The van der Waals surface area contributed by atoms with Crippen LogP contribution in [-0.2, 0) is 10.0 Å². The number of halogens is 1. The molecule has 1 aliphatic rings. The Labute approximate surface area is 123 Å². The Bertz CT molecular complexity index is 554. The van der Waals surface area contributed by atoms with E-state index < -0.39 is 10.0 Å². The summed E-state index contributed by atoms with van der Waals surface area (Å²) in [6.07, 6.45) is 1.92. The van der Waals surface area contributed by atoms with Gasteiger partial charge in [-0.25, -0.2) is 8.42 Å². The van der Waals surface area contributed by atoms with Crippen molar-refractivity contribution in [2.45, 2.75) is 30.7 Å². The molecule has 1 atom stereocenters. The van der Waals surface area contributed by atoms with Crippen molar-refractivity contribution < 1.29 is 8.42 Å². The van der Waals surface area contributed by atoms with Crippen LogP contribution in [-0.4, -0.2) is 38.9 Å². The Morgan fingerprint density at radius 2 is 2.16 bits per heavy atom. The molecule has 1 aliphatic heterocycles. The van der Waals surface area contributed by atoms with Crippen LogP contribution in [0.25, 0.3) is 0 Å². The number of rotatable bonds is 3. The van der Waals surface area contributed by atoms with E-state index in [1.54, 1.807) is 13.1 Å². The zero-order chi connectivity index (χ0) is 14.0. The van der Waals surface area contributed by atoms with E-state index in [9.17, 15) is 8.42 Å². The second kappa shape index (κ2) is 5.91.